The Balaban J connectivity index is 2.06. The Morgan fingerprint density at radius 1 is 1.16 bits per heavy atom. The Morgan fingerprint density at radius 2 is 1.96 bits per heavy atom. The molecule has 0 spiro atoms. The molecule has 0 aliphatic rings. The van der Waals surface area contributed by atoms with E-state index in [4.69, 9.17) is 0 Å². The number of nitro groups is 1. The highest BCUT2D eigenvalue weighted by molar-refractivity contribution is 5.89. The van der Waals surface area contributed by atoms with Gasteiger partial charge in [0.1, 0.15) is 5.82 Å². The SMILES string of the molecule is N#C/C(=C/c1cccn1-c1cccc([N+](=O)[O-])c1)c1cccc(F)c1. The van der Waals surface area contributed by atoms with Crippen LogP contribution < -0.4 is 0 Å². The van der Waals surface area contributed by atoms with Crippen molar-refractivity contribution in [2.45, 2.75) is 0 Å². The van der Waals surface area contributed by atoms with Crippen LogP contribution in [-0.4, -0.2) is 9.49 Å². The number of nitrogens with zero attached hydrogens (tertiary/aromatic N) is 3. The van der Waals surface area contributed by atoms with E-state index < -0.39 is 10.7 Å². The third-order valence-electron chi connectivity index (χ3n) is 3.65. The van der Waals surface area contributed by atoms with E-state index in [1.807, 2.05) is 0 Å². The summed E-state index contributed by atoms with van der Waals surface area (Å²) in [7, 11) is 0. The summed E-state index contributed by atoms with van der Waals surface area (Å²) in [4.78, 5) is 10.5. The number of halogens is 1. The molecule has 0 aliphatic carbocycles. The molecule has 0 saturated heterocycles. The fraction of sp³-hybridized carbons (Fsp3) is 0. The van der Waals surface area contributed by atoms with Gasteiger partial charge in [-0.1, -0.05) is 18.2 Å². The van der Waals surface area contributed by atoms with Gasteiger partial charge >= 0.3 is 0 Å². The zero-order chi connectivity index (χ0) is 17.8. The second kappa shape index (κ2) is 6.81. The van der Waals surface area contributed by atoms with Gasteiger partial charge in [-0.05, 0) is 42.0 Å². The second-order valence-electron chi connectivity index (χ2n) is 5.26. The molecular weight excluding hydrogens is 321 g/mol. The van der Waals surface area contributed by atoms with Gasteiger partial charge in [-0.25, -0.2) is 4.39 Å². The second-order valence-corrected chi connectivity index (χ2v) is 5.26. The van der Waals surface area contributed by atoms with Gasteiger partial charge in [0.2, 0.25) is 0 Å². The number of allylic oxidation sites excluding steroid dienone is 1. The van der Waals surface area contributed by atoms with Gasteiger partial charge in [0.25, 0.3) is 5.69 Å². The molecule has 0 bridgehead atoms. The standard InChI is InChI=1S/C19H12FN3O2/c20-16-5-1-4-14(10-16)15(13-21)11-17-8-3-9-22(17)18-6-2-7-19(12-18)23(24)25/h1-12H/b15-11-. The molecule has 25 heavy (non-hydrogen) atoms. The van der Waals surface area contributed by atoms with Gasteiger partial charge in [-0.2, -0.15) is 5.26 Å². The van der Waals surface area contributed by atoms with E-state index in [-0.39, 0.29) is 5.69 Å². The normalized spacial score (nSPS) is 11.1. The van der Waals surface area contributed by atoms with Crippen LogP contribution in [0.25, 0.3) is 17.3 Å². The molecule has 3 aromatic rings. The summed E-state index contributed by atoms with van der Waals surface area (Å²) in [5, 5.41) is 20.4. The van der Waals surface area contributed by atoms with E-state index in [9.17, 15) is 19.8 Å². The summed E-state index contributed by atoms with van der Waals surface area (Å²) in [6, 6.07) is 17.6. The molecule has 0 aliphatic heterocycles. The van der Waals surface area contributed by atoms with Crippen molar-refractivity contribution < 1.29 is 9.31 Å². The number of non-ortho nitro benzene ring substituents is 1. The lowest BCUT2D eigenvalue weighted by atomic mass is 10.1. The van der Waals surface area contributed by atoms with Crippen LogP contribution in [0.1, 0.15) is 11.3 Å². The zero-order valence-corrected chi connectivity index (χ0v) is 13.0. The molecule has 0 saturated carbocycles. The molecule has 0 atom stereocenters. The summed E-state index contributed by atoms with van der Waals surface area (Å²) in [5.41, 5.74) is 1.99. The smallest absolute Gasteiger partial charge is 0.271 e. The van der Waals surface area contributed by atoms with Crippen LogP contribution in [0.15, 0.2) is 66.9 Å². The average molecular weight is 333 g/mol. The van der Waals surface area contributed by atoms with Gasteiger partial charge in [0.05, 0.1) is 22.3 Å². The molecule has 2 aromatic carbocycles. The summed E-state index contributed by atoms with van der Waals surface area (Å²) in [5.74, 6) is -0.423. The zero-order valence-electron chi connectivity index (χ0n) is 13.0. The van der Waals surface area contributed by atoms with E-state index in [1.165, 1.54) is 30.3 Å². The third kappa shape index (κ3) is 3.46. The largest absolute Gasteiger partial charge is 0.317 e. The van der Waals surface area contributed by atoms with Crippen LogP contribution in [0.3, 0.4) is 0 Å². The van der Waals surface area contributed by atoms with Crippen molar-refractivity contribution in [2.24, 2.45) is 0 Å². The van der Waals surface area contributed by atoms with E-state index >= 15 is 0 Å². The number of hydrogen-bond acceptors (Lipinski definition) is 3. The fourth-order valence-corrected chi connectivity index (χ4v) is 2.49. The summed E-state index contributed by atoms with van der Waals surface area (Å²) in [6.07, 6.45) is 3.36. The van der Waals surface area contributed by atoms with E-state index in [1.54, 1.807) is 47.2 Å². The minimum Gasteiger partial charge on any atom is -0.317 e. The molecule has 0 unspecified atom stereocenters. The first kappa shape index (κ1) is 16.1. The van der Waals surface area contributed by atoms with Crippen LogP contribution >= 0.6 is 0 Å². The molecule has 122 valence electrons. The number of hydrogen-bond donors (Lipinski definition) is 0. The summed E-state index contributed by atoms with van der Waals surface area (Å²) < 4.78 is 15.1. The topological polar surface area (TPSA) is 71.9 Å². The molecule has 0 N–H and O–H groups in total. The number of rotatable bonds is 4. The highest BCUT2D eigenvalue weighted by Crippen LogP contribution is 2.23. The minimum absolute atomic E-state index is 0.0215. The lowest BCUT2D eigenvalue weighted by Crippen LogP contribution is -1.97. The molecule has 1 aromatic heterocycles. The summed E-state index contributed by atoms with van der Waals surface area (Å²) in [6.45, 7) is 0. The first-order chi connectivity index (χ1) is 12.1. The third-order valence-corrected chi connectivity index (χ3v) is 3.65. The van der Waals surface area contributed by atoms with Crippen LogP contribution in [0.4, 0.5) is 10.1 Å². The predicted octanol–water partition coefficient (Wildman–Crippen LogP) is 4.59. The quantitative estimate of drug-likeness (QED) is 0.398. The van der Waals surface area contributed by atoms with Crippen molar-refractivity contribution >= 4 is 17.3 Å². The van der Waals surface area contributed by atoms with Crippen molar-refractivity contribution in [1.29, 1.82) is 5.26 Å². The molecule has 5 nitrogen and oxygen atoms in total. The van der Waals surface area contributed by atoms with Crippen molar-refractivity contribution in [1.82, 2.24) is 4.57 Å². The Kier molecular flexibility index (Phi) is 4.40. The van der Waals surface area contributed by atoms with Crippen LogP contribution in [0, 0.1) is 27.3 Å². The van der Waals surface area contributed by atoms with Crippen molar-refractivity contribution in [2.75, 3.05) is 0 Å². The van der Waals surface area contributed by atoms with Gasteiger partial charge in [0, 0.05) is 24.0 Å². The highest BCUT2D eigenvalue weighted by Gasteiger charge is 2.10. The molecule has 6 heteroatoms. The maximum atomic E-state index is 13.4. The number of nitriles is 1. The fourth-order valence-electron chi connectivity index (χ4n) is 2.49. The number of benzene rings is 2. The number of nitro benzene ring substituents is 1. The molecule has 1 heterocycles. The Bertz CT molecular complexity index is 1020. The Hall–Kier alpha value is -3.72. The van der Waals surface area contributed by atoms with Gasteiger partial charge < -0.3 is 4.57 Å². The summed E-state index contributed by atoms with van der Waals surface area (Å²) >= 11 is 0. The maximum Gasteiger partial charge on any atom is 0.271 e. The highest BCUT2D eigenvalue weighted by atomic mass is 19.1. The van der Waals surface area contributed by atoms with Gasteiger partial charge in [-0.3, -0.25) is 10.1 Å². The maximum absolute atomic E-state index is 13.4. The first-order valence-corrected chi connectivity index (χ1v) is 7.38. The van der Waals surface area contributed by atoms with Crippen molar-refractivity contribution in [3.05, 3.63) is 94.0 Å². The molecule has 3 rings (SSSR count). The molecule has 0 fully saturated rings. The Morgan fingerprint density at radius 3 is 2.68 bits per heavy atom. The van der Waals surface area contributed by atoms with E-state index in [2.05, 4.69) is 6.07 Å². The lowest BCUT2D eigenvalue weighted by molar-refractivity contribution is -0.384. The van der Waals surface area contributed by atoms with Crippen LogP contribution in [0.2, 0.25) is 0 Å². The predicted molar refractivity (Wildman–Crippen MR) is 92.3 cm³/mol. The average Bonchev–Trinajstić information content (AvgIpc) is 3.08. The monoisotopic (exact) mass is 333 g/mol. The van der Waals surface area contributed by atoms with E-state index in [0.29, 0.717) is 22.5 Å². The van der Waals surface area contributed by atoms with Crippen LogP contribution in [-0.2, 0) is 0 Å². The van der Waals surface area contributed by atoms with Crippen LogP contribution in [0.5, 0.6) is 0 Å². The molecule has 0 amide bonds. The minimum atomic E-state index is -0.462. The lowest BCUT2D eigenvalue weighted by Gasteiger charge is -2.07. The Labute approximate surface area is 143 Å². The molecule has 0 radical (unpaired) electrons. The number of aromatic nitrogens is 1. The van der Waals surface area contributed by atoms with Gasteiger partial charge in [0.15, 0.2) is 0 Å². The molecular formula is C19H12FN3O2. The van der Waals surface area contributed by atoms with Crippen molar-refractivity contribution in [3.63, 3.8) is 0 Å². The first-order valence-electron chi connectivity index (χ1n) is 7.38. The van der Waals surface area contributed by atoms with Crippen molar-refractivity contribution in [3.8, 4) is 11.8 Å². The van der Waals surface area contributed by atoms with E-state index in [0.717, 1.165) is 0 Å². The van der Waals surface area contributed by atoms with Gasteiger partial charge in [-0.15, -0.1) is 0 Å².